The largest absolute Gasteiger partial charge is 0.350 e. The second-order valence-corrected chi connectivity index (χ2v) is 14.9. The maximum atomic E-state index is 14.2. The van der Waals surface area contributed by atoms with Gasteiger partial charge in [-0.2, -0.15) is 5.10 Å². The number of Topliss-reactive ketones (excluding diaryl/α,β-unsaturated/α-hetero) is 1. The van der Waals surface area contributed by atoms with Crippen LogP contribution in [0.1, 0.15) is 23.0 Å². The van der Waals surface area contributed by atoms with Gasteiger partial charge in [-0.3, -0.25) is 19.1 Å². The normalized spacial score (nSPS) is 17.2. The van der Waals surface area contributed by atoms with E-state index in [1.165, 1.54) is 17.7 Å². The molecule has 0 spiro atoms. The van der Waals surface area contributed by atoms with Gasteiger partial charge in [0.25, 0.3) is 0 Å². The van der Waals surface area contributed by atoms with Crippen LogP contribution in [0.3, 0.4) is 0 Å². The fourth-order valence-corrected chi connectivity index (χ4v) is 7.57. The molecule has 7 nitrogen and oxygen atoms in total. The third kappa shape index (κ3) is 4.76. The third-order valence-electron chi connectivity index (χ3n) is 6.10. The van der Waals surface area contributed by atoms with Gasteiger partial charge in [0.05, 0.1) is 18.6 Å². The number of para-hydroxylation sites is 1. The predicted octanol–water partition coefficient (Wildman–Crippen LogP) is 3.81. The number of hydrogen-bond donors (Lipinski definition) is 1. The second-order valence-electron chi connectivity index (χ2n) is 9.42. The standard InChI is InChI=1S/C24H26ClFN4O3Si/c1-15(31)23-17-8-4-5-10-19(17)30(28-23)12-21(32)29-14-34(2,3)13-20(29)24(33)27-11-16-7-6-9-18(25)22(16)26/h4-10,20H,11-14H2,1-3H3,(H,27,33)/t20-/m0/s1. The first-order chi connectivity index (χ1) is 16.1. The lowest BCUT2D eigenvalue weighted by atomic mass is 10.2. The Morgan fingerprint density at radius 3 is 2.65 bits per heavy atom. The highest BCUT2D eigenvalue weighted by atomic mass is 35.5. The molecule has 1 aromatic heterocycles. The van der Waals surface area contributed by atoms with Crippen molar-refractivity contribution in [2.24, 2.45) is 0 Å². The van der Waals surface area contributed by atoms with Crippen molar-refractivity contribution in [1.82, 2.24) is 20.0 Å². The van der Waals surface area contributed by atoms with Crippen molar-refractivity contribution in [2.75, 3.05) is 6.17 Å². The van der Waals surface area contributed by atoms with Crippen LogP contribution >= 0.6 is 11.6 Å². The molecule has 1 fully saturated rings. The van der Waals surface area contributed by atoms with Crippen molar-refractivity contribution in [3.63, 3.8) is 0 Å². The highest BCUT2D eigenvalue weighted by Crippen LogP contribution is 2.28. The Morgan fingerprint density at radius 2 is 1.91 bits per heavy atom. The minimum atomic E-state index is -1.84. The Labute approximate surface area is 202 Å². The fraction of sp³-hybridized carbons (Fsp3) is 0.333. The van der Waals surface area contributed by atoms with E-state index >= 15 is 0 Å². The van der Waals surface area contributed by atoms with E-state index in [2.05, 4.69) is 23.5 Å². The molecule has 0 radical (unpaired) electrons. The minimum absolute atomic E-state index is 0.00524. The summed E-state index contributed by atoms with van der Waals surface area (Å²) in [5.41, 5.74) is 1.29. The number of fused-ring (bicyclic) bond motifs is 1. The number of halogens is 2. The number of nitrogens with zero attached hydrogens (tertiary/aromatic N) is 3. The molecule has 1 aliphatic rings. The number of carbonyl (C=O) groups excluding carboxylic acids is 3. The van der Waals surface area contributed by atoms with Crippen LogP contribution in [0.25, 0.3) is 10.9 Å². The van der Waals surface area contributed by atoms with Crippen LogP contribution in [-0.2, 0) is 22.7 Å². The molecule has 1 saturated heterocycles. The van der Waals surface area contributed by atoms with E-state index in [-0.39, 0.29) is 41.3 Å². The molecule has 0 saturated carbocycles. The average molecular weight is 501 g/mol. The van der Waals surface area contributed by atoms with Crippen molar-refractivity contribution < 1.29 is 18.8 Å². The number of rotatable bonds is 6. The smallest absolute Gasteiger partial charge is 0.244 e. The molecule has 3 aromatic rings. The molecule has 1 atom stereocenters. The number of amides is 2. The van der Waals surface area contributed by atoms with E-state index in [1.807, 2.05) is 18.2 Å². The SMILES string of the molecule is CC(=O)c1nn(CC(=O)N2C[Si](C)(C)C[C@H]2C(=O)NCc2cccc(Cl)c2F)c2ccccc12. The molecule has 4 rings (SSSR count). The number of benzene rings is 2. The van der Waals surface area contributed by atoms with Crippen LogP contribution in [0.2, 0.25) is 24.2 Å². The summed E-state index contributed by atoms with van der Waals surface area (Å²) < 4.78 is 15.7. The quantitative estimate of drug-likeness (QED) is 0.412. The molecule has 2 aromatic carbocycles. The third-order valence-corrected chi connectivity index (χ3v) is 9.09. The van der Waals surface area contributed by atoms with Crippen molar-refractivity contribution in [3.05, 3.63) is 64.6 Å². The number of ketones is 1. The van der Waals surface area contributed by atoms with Gasteiger partial charge in [0.2, 0.25) is 11.8 Å². The average Bonchev–Trinajstić information content (AvgIpc) is 3.32. The molecule has 0 aliphatic carbocycles. The van der Waals surface area contributed by atoms with E-state index < -0.39 is 19.9 Å². The van der Waals surface area contributed by atoms with Crippen LogP contribution in [0.5, 0.6) is 0 Å². The summed E-state index contributed by atoms with van der Waals surface area (Å²) in [6.07, 6.45) is 0.536. The van der Waals surface area contributed by atoms with Gasteiger partial charge < -0.3 is 10.2 Å². The minimum Gasteiger partial charge on any atom is -0.350 e. The highest BCUT2D eigenvalue weighted by Gasteiger charge is 2.44. The number of nitrogens with one attached hydrogen (secondary N) is 1. The van der Waals surface area contributed by atoms with Gasteiger partial charge in [0, 0.05) is 30.6 Å². The molecule has 2 heterocycles. The predicted molar refractivity (Wildman–Crippen MR) is 131 cm³/mol. The molecular formula is C24H26ClFN4O3Si. The first kappa shape index (κ1) is 24.1. The number of hydrogen-bond acceptors (Lipinski definition) is 4. The van der Waals surface area contributed by atoms with Crippen LogP contribution in [0.15, 0.2) is 42.5 Å². The van der Waals surface area contributed by atoms with Gasteiger partial charge in [0.1, 0.15) is 24.1 Å². The Morgan fingerprint density at radius 1 is 1.18 bits per heavy atom. The first-order valence-corrected chi connectivity index (χ1v) is 14.8. The molecule has 2 amide bonds. The highest BCUT2D eigenvalue weighted by molar-refractivity contribution is 6.79. The molecule has 10 heteroatoms. The zero-order chi connectivity index (χ0) is 24.6. The molecule has 178 valence electrons. The summed E-state index contributed by atoms with van der Waals surface area (Å²) >= 11 is 5.83. The Kier molecular flexibility index (Phi) is 6.59. The molecule has 0 bridgehead atoms. The topological polar surface area (TPSA) is 84.3 Å². The fourth-order valence-electron chi connectivity index (χ4n) is 4.48. The van der Waals surface area contributed by atoms with Crippen molar-refractivity contribution in [1.29, 1.82) is 0 Å². The monoisotopic (exact) mass is 500 g/mol. The summed E-state index contributed by atoms with van der Waals surface area (Å²) in [6, 6.07) is 11.9. The van der Waals surface area contributed by atoms with Gasteiger partial charge in [-0.1, -0.05) is 55.0 Å². The van der Waals surface area contributed by atoms with Crippen molar-refractivity contribution in [3.8, 4) is 0 Å². The number of aromatic nitrogens is 2. The van der Waals surface area contributed by atoms with Gasteiger partial charge in [-0.25, -0.2) is 4.39 Å². The van der Waals surface area contributed by atoms with E-state index in [9.17, 15) is 18.8 Å². The summed E-state index contributed by atoms with van der Waals surface area (Å²) in [7, 11) is -1.84. The Bertz CT molecular complexity index is 1290. The van der Waals surface area contributed by atoms with Gasteiger partial charge >= 0.3 is 0 Å². The molecule has 1 N–H and O–H groups in total. The maximum Gasteiger partial charge on any atom is 0.244 e. The van der Waals surface area contributed by atoms with Gasteiger partial charge in [-0.15, -0.1) is 0 Å². The van der Waals surface area contributed by atoms with Crippen LogP contribution in [-0.4, -0.2) is 52.6 Å². The van der Waals surface area contributed by atoms with Gasteiger partial charge in [0.15, 0.2) is 5.78 Å². The van der Waals surface area contributed by atoms with E-state index in [0.717, 1.165) is 0 Å². The lowest BCUT2D eigenvalue weighted by molar-refractivity contribution is -0.138. The van der Waals surface area contributed by atoms with Gasteiger partial charge in [-0.05, 0) is 18.2 Å². The Balaban J connectivity index is 1.53. The zero-order valence-electron chi connectivity index (χ0n) is 19.3. The lowest BCUT2D eigenvalue weighted by Gasteiger charge is -2.24. The van der Waals surface area contributed by atoms with Crippen LogP contribution in [0, 0.1) is 5.82 Å². The van der Waals surface area contributed by atoms with E-state index in [0.29, 0.717) is 28.8 Å². The zero-order valence-corrected chi connectivity index (χ0v) is 21.0. The van der Waals surface area contributed by atoms with Crippen LogP contribution < -0.4 is 5.32 Å². The van der Waals surface area contributed by atoms with E-state index in [4.69, 9.17) is 11.6 Å². The summed E-state index contributed by atoms with van der Waals surface area (Å²) in [5, 5.41) is 7.83. The Hall–Kier alpha value is -3.04. The summed E-state index contributed by atoms with van der Waals surface area (Å²) in [6.45, 7) is 5.61. The first-order valence-electron chi connectivity index (χ1n) is 11.0. The maximum absolute atomic E-state index is 14.2. The molecule has 1 aliphatic heterocycles. The van der Waals surface area contributed by atoms with E-state index in [1.54, 1.807) is 23.1 Å². The number of carbonyl (C=O) groups is 3. The lowest BCUT2D eigenvalue weighted by Crippen LogP contribution is -2.47. The van der Waals surface area contributed by atoms with Crippen molar-refractivity contribution in [2.45, 2.75) is 45.2 Å². The van der Waals surface area contributed by atoms with Crippen LogP contribution in [0.4, 0.5) is 4.39 Å². The molecule has 34 heavy (non-hydrogen) atoms. The summed E-state index contributed by atoms with van der Waals surface area (Å²) in [4.78, 5) is 40.1. The molecular weight excluding hydrogens is 475 g/mol. The molecule has 0 unspecified atom stereocenters. The second kappa shape index (κ2) is 9.30. The summed E-state index contributed by atoms with van der Waals surface area (Å²) in [5.74, 6) is -1.30. The van der Waals surface area contributed by atoms with Crippen molar-refractivity contribution >= 4 is 48.2 Å².